The Hall–Kier alpha value is -1.30. The molecule has 6 heteroatoms. The largest absolute Gasteiger partial charge is 0.493 e. The fourth-order valence-corrected chi connectivity index (χ4v) is 1.94. The van der Waals surface area contributed by atoms with Crippen LogP contribution < -0.4 is 9.47 Å². The number of methoxy groups -OCH3 is 1. The molecule has 0 heterocycles. The van der Waals surface area contributed by atoms with Crippen LogP contribution in [0.2, 0.25) is 0 Å². The molecule has 0 N–H and O–H groups in total. The van der Waals surface area contributed by atoms with Crippen molar-refractivity contribution in [3.63, 3.8) is 0 Å². The Balaban J connectivity index is 3.07. The summed E-state index contributed by atoms with van der Waals surface area (Å²) < 4.78 is 10.8. The van der Waals surface area contributed by atoms with Crippen LogP contribution in [0.1, 0.15) is 25.8 Å². The molecular formula is C13H18BrNO4. The molecule has 0 aliphatic carbocycles. The fourth-order valence-electron chi connectivity index (χ4n) is 1.49. The molecule has 0 bridgehead atoms. The Morgan fingerprint density at radius 2 is 2.11 bits per heavy atom. The molecular weight excluding hydrogens is 314 g/mol. The molecule has 0 amide bonds. The van der Waals surface area contributed by atoms with Crippen molar-refractivity contribution in [2.45, 2.75) is 25.6 Å². The van der Waals surface area contributed by atoms with Crippen molar-refractivity contribution in [2.75, 3.05) is 13.7 Å². The van der Waals surface area contributed by atoms with Gasteiger partial charge in [-0.2, -0.15) is 0 Å². The predicted molar refractivity (Wildman–Crippen MR) is 77.2 cm³/mol. The van der Waals surface area contributed by atoms with Crippen LogP contribution in [0, 0.1) is 16.0 Å². The summed E-state index contributed by atoms with van der Waals surface area (Å²) >= 11 is 3.24. The van der Waals surface area contributed by atoms with E-state index in [2.05, 4.69) is 29.8 Å². The number of hydrogen-bond donors (Lipinski definition) is 0. The van der Waals surface area contributed by atoms with E-state index in [9.17, 15) is 10.1 Å². The summed E-state index contributed by atoms with van der Waals surface area (Å²) in [7, 11) is 1.52. The molecule has 0 aromatic heterocycles. The van der Waals surface area contributed by atoms with Gasteiger partial charge < -0.3 is 9.47 Å². The third-order valence-electron chi connectivity index (χ3n) is 2.93. The maximum Gasteiger partial charge on any atom is 0.277 e. The summed E-state index contributed by atoms with van der Waals surface area (Å²) in [6.45, 7) is 4.65. The molecule has 0 spiro atoms. The molecule has 0 aliphatic heterocycles. The summed E-state index contributed by atoms with van der Waals surface area (Å²) in [6.07, 6.45) is 0.990. The quantitative estimate of drug-likeness (QED) is 0.431. The third kappa shape index (κ3) is 4.09. The Morgan fingerprint density at radius 3 is 2.58 bits per heavy atom. The number of nitro benzene ring substituents is 1. The number of nitrogens with zero attached hydrogens (tertiary/aromatic N) is 1. The van der Waals surface area contributed by atoms with Crippen LogP contribution in [0.4, 0.5) is 5.69 Å². The van der Waals surface area contributed by atoms with Gasteiger partial charge in [0.25, 0.3) is 5.69 Å². The molecule has 1 aromatic carbocycles. The van der Waals surface area contributed by atoms with E-state index in [4.69, 9.17) is 9.47 Å². The second kappa shape index (κ2) is 7.33. The number of ether oxygens (including phenoxy) is 2. The lowest BCUT2D eigenvalue weighted by molar-refractivity contribution is -0.385. The molecule has 19 heavy (non-hydrogen) atoms. The van der Waals surface area contributed by atoms with Crippen LogP contribution in [0.3, 0.4) is 0 Å². The van der Waals surface area contributed by atoms with Crippen LogP contribution in [0.15, 0.2) is 12.1 Å². The van der Waals surface area contributed by atoms with Crippen LogP contribution in [-0.4, -0.2) is 18.6 Å². The van der Waals surface area contributed by atoms with E-state index in [-0.39, 0.29) is 5.69 Å². The number of rotatable bonds is 7. The topological polar surface area (TPSA) is 61.6 Å². The zero-order valence-corrected chi connectivity index (χ0v) is 12.9. The summed E-state index contributed by atoms with van der Waals surface area (Å²) in [5.41, 5.74) is 0.606. The van der Waals surface area contributed by atoms with Crippen molar-refractivity contribution in [1.29, 1.82) is 0 Å². The van der Waals surface area contributed by atoms with Crippen molar-refractivity contribution in [1.82, 2.24) is 0 Å². The second-order valence-corrected chi connectivity index (χ2v) is 4.91. The Bertz CT molecular complexity index is 451. The number of benzene rings is 1. The van der Waals surface area contributed by atoms with E-state index in [0.717, 1.165) is 6.42 Å². The SMILES string of the molecule is CC[C@@H](C)COc1cc([N+](=O)[O-])c(CBr)cc1OC. The molecule has 1 atom stereocenters. The van der Waals surface area contributed by atoms with Gasteiger partial charge in [0.05, 0.1) is 24.7 Å². The highest BCUT2D eigenvalue weighted by atomic mass is 79.9. The predicted octanol–water partition coefficient (Wildman–Crippen LogP) is 3.92. The minimum Gasteiger partial charge on any atom is -0.493 e. The van der Waals surface area contributed by atoms with Crippen LogP contribution in [-0.2, 0) is 5.33 Å². The zero-order chi connectivity index (χ0) is 14.4. The van der Waals surface area contributed by atoms with E-state index < -0.39 is 4.92 Å². The van der Waals surface area contributed by atoms with Gasteiger partial charge in [-0.1, -0.05) is 36.2 Å². The smallest absolute Gasteiger partial charge is 0.277 e. The molecule has 0 radical (unpaired) electrons. The highest BCUT2D eigenvalue weighted by molar-refractivity contribution is 9.08. The second-order valence-electron chi connectivity index (χ2n) is 4.35. The standard InChI is InChI=1S/C13H18BrNO4/c1-4-9(2)8-19-13-6-11(15(16)17)10(7-14)5-12(13)18-3/h5-6,9H,4,7-8H2,1-3H3/t9-/m1/s1. The van der Waals surface area contributed by atoms with Crippen LogP contribution in [0.5, 0.6) is 11.5 Å². The van der Waals surface area contributed by atoms with Gasteiger partial charge >= 0.3 is 0 Å². The van der Waals surface area contributed by atoms with Crippen molar-refractivity contribution in [3.05, 3.63) is 27.8 Å². The first-order valence-corrected chi connectivity index (χ1v) is 7.19. The van der Waals surface area contributed by atoms with E-state index >= 15 is 0 Å². The molecule has 0 fully saturated rings. The average Bonchev–Trinajstić information content (AvgIpc) is 2.43. The maximum atomic E-state index is 11.0. The van der Waals surface area contributed by atoms with Crippen LogP contribution in [0.25, 0.3) is 0 Å². The molecule has 1 rings (SSSR count). The summed E-state index contributed by atoms with van der Waals surface area (Å²) in [5.74, 6) is 1.32. The zero-order valence-electron chi connectivity index (χ0n) is 11.3. The Kier molecular flexibility index (Phi) is 6.08. The van der Waals surface area contributed by atoms with E-state index in [1.807, 2.05) is 0 Å². The van der Waals surface area contributed by atoms with Gasteiger partial charge in [0, 0.05) is 10.9 Å². The number of halogens is 1. The monoisotopic (exact) mass is 331 g/mol. The number of nitro groups is 1. The van der Waals surface area contributed by atoms with E-state index in [1.165, 1.54) is 13.2 Å². The summed E-state index contributed by atoms with van der Waals surface area (Å²) in [4.78, 5) is 10.6. The summed E-state index contributed by atoms with van der Waals surface area (Å²) in [5, 5.41) is 11.4. The van der Waals surface area contributed by atoms with Crippen LogP contribution >= 0.6 is 15.9 Å². The normalized spacial score (nSPS) is 12.0. The van der Waals surface area contributed by atoms with Gasteiger partial charge in [-0.3, -0.25) is 10.1 Å². The fraction of sp³-hybridized carbons (Fsp3) is 0.538. The average molecular weight is 332 g/mol. The molecule has 0 aliphatic rings. The van der Waals surface area contributed by atoms with Gasteiger partial charge in [-0.15, -0.1) is 0 Å². The summed E-state index contributed by atoms with van der Waals surface area (Å²) in [6, 6.07) is 3.07. The lowest BCUT2D eigenvalue weighted by Gasteiger charge is -2.14. The van der Waals surface area contributed by atoms with E-state index in [0.29, 0.717) is 34.9 Å². The van der Waals surface area contributed by atoms with Gasteiger partial charge in [0.1, 0.15) is 0 Å². The number of hydrogen-bond acceptors (Lipinski definition) is 4. The molecule has 5 nitrogen and oxygen atoms in total. The highest BCUT2D eigenvalue weighted by Gasteiger charge is 2.19. The molecule has 0 saturated carbocycles. The van der Waals surface area contributed by atoms with Crippen molar-refractivity contribution in [3.8, 4) is 11.5 Å². The lowest BCUT2D eigenvalue weighted by Crippen LogP contribution is -2.08. The number of alkyl halides is 1. The maximum absolute atomic E-state index is 11.0. The Morgan fingerprint density at radius 1 is 1.42 bits per heavy atom. The van der Waals surface area contributed by atoms with Gasteiger partial charge in [0.2, 0.25) is 0 Å². The van der Waals surface area contributed by atoms with Crippen molar-refractivity contribution in [2.24, 2.45) is 5.92 Å². The van der Waals surface area contributed by atoms with Gasteiger partial charge in [-0.05, 0) is 12.0 Å². The molecule has 0 unspecified atom stereocenters. The molecule has 1 aromatic rings. The molecule has 0 saturated heterocycles. The minimum absolute atomic E-state index is 0.0387. The lowest BCUT2D eigenvalue weighted by atomic mass is 10.1. The first-order valence-electron chi connectivity index (χ1n) is 6.07. The van der Waals surface area contributed by atoms with Crippen molar-refractivity contribution < 1.29 is 14.4 Å². The first kappa shape index (κ1) is 15.8. The third-order valence-corrected chi connectivity index (χ3v) is 3.53. The van der Waals surface area contributed by atoms with Gasteiger partial charge in [-0.25, -0.2) is 0 Å². The first-order chi connectivity index (χ1) is 9.03. The molecule has 106 valence electrons. The van der Waals surface area contributed by atoms with Gasteiger partial charge in [0.15, 0.2) is 11.5 Å². The van der Waals surface area contributed by atoms with E-state index in [1.54, 1.807) is 6.07 Å². The van der Waals surface area contributed by atoms with Crippen molar-refractivity contribution >= 4 is 21.6 Å². The highest BCUT2D eigenvalue weighted by Crippen LogP contribution is 2.35. The minimum atomic E-state index is -0.411. The Labute approximate surface area is 121 Å².